The van der Waals surface area contributed by atoms with Gasteiger partial charge in [0.05, 0.1) is 13.2 Å². The maximum absolute atomic E-state index is 13.3. The van der Waals surface area contributed by atoms with Gasteiger partial charge in [0, 0.05) is 19.7 Å². The number of benzene rings is 1. The average Bonchev–Trinajstić information content (AvgIpc) is 2.51. The molecule has 0 atom stereocenters. The smallest absolute Gasteiger partial charge is 0.191 e. The third kappa shape index (κ3) is 8.40. The van der Waals surface area contributed by atoms with E-state index >= 15 is 0 Å². The van der Waals surface area contributed by atoms with E-state index in [1.165, 1.54) is 12.1 Å². The molecule has 0 saturated carbocycles. The Labute approximate surface area is 138 Å². The lowest BCUT2D eigenvalue weighted by Crippen LogP contribution is -2.39. The average molecular weight is 325 g/mol. The SMILES string of the molecule is CCNC(=NCc1ccc(O)c(F)c1)NCCOCCC(C)C. The van der Waals surface area contributed by atoms with Gasteiger partial charge < -0.3 is 20.5 Å². The van der Waals surface area contributed by atoms with Crippen molar-refractivity contribution in [1.82, 2.24) is 10.6 Å². The highest BCUT2D eigenvalue weighted by molar-refractivity contribution is 5.79. The molecule has 0 bridgehead atoms. The molecule has 0 aromatic heterocycles. The van der Waals surface area contributed by atoms with Crippen molar-refractivity contribution < 1.29 is 14.2 Å². The third-order valence-electron chi connectivity index (χ3n) is 3.15. The number of aromatic hydroxyl groups is 1. The van der Waals surface area contributed by atoms with Gasteiger partial charge in [-0.3, -0.25) is 0 Å². The van der Waals surface area contributed by atoms with Gasteiger partial charge in [-0.15, -0.1) is 0 Å². The van der Waals surface area contributed by atoms with Crippen molar-refractivity contribution in [3.63, 3.8) is 0 Å². The Bertz CT molecular complexity index is 493. The van der Waals surface area contributed by atoms with Gasteiger partial charge in [0.2, 0.25) is 0 Å². The van der Waals surface area contributed by atoms with Crippen molar-refractivity contribution in [3.8, 4) is 5.75 Å². The predicted octanol–water partition coefficient (Wildman–Crippen LogP) is 2.65. The van der Waals surface area contributed by atoms with Crippen molar-refractivity contribution in [1.29, 1.82) is 0 Å². The minimum atomic E-state index is -0.630. The van der Waals surface area contributed by atoms with Gasteiger partial charge in [-0.2, -0.15) is 0 Å². The molecule has 1 rings (SSSR count). The van der Waals surface area contributed by atoms with Crippen LogP contribution < -0.4 is 10.6 Å². The molecule has 0 fully saturated rings. The molecule has 0 radical (unpaired) electrons. The first kappa shape index (κ1) is 19.2. The van der Waals surface area contributed by atoms with E-state index in [0.717, 1.165) is 19.6 Å². The molecule has 1 aromatic rings. The van der Waals surface area contributed by atoms with Gasteiger partial charge in [-0.25, -0.2) is 9.38 Å². The van der Waals surface area contributed by atoms with Gasteiger partial charge >= 0.3 is 0 Å². The lowest BCUT2D eigenvalue weighted by molar-refractivity contribution is 0.128. The van der Waals surface area contributed by atoms with E-state index in [-0.39, 0.29) is 5.75 Å². The Hall–Kier alpha value is -1.82. The van der Waals surface area contributed by atoms with E-state index in [4.69, 9.17) is 4.74 Å². The number of rotatable bonds is 9. The van der Waals surface area contributed by atoms with Gasteiger partial charge in [0.15, 0.2) is 17.5 Å². The van der Waals surface area contributed by atoms with Crippen LogP contribution in [-0.2, 0) is 11.3 Å². The van der Waals surface area contributed by atoms with Gasteiger partial charge in [0.1, 0.15) is 0 Å². The minimum absolute atomic E-state index is 0.334. The summed E-state index contributed by atoms with van der Waals surface area (Å²) < 4.78 is 18.8. The number of aliphatic imine (C=N–C) groups is 1. The fourth-order valence-electron chi connectivity index (χ4n) is 1.82. The van der Waals surface area contributed by atoms with E-state index in [2.05, 4.69) is 29.5 Å². The molecule has 0 heterocycles. The Kier molecular flexibility index (Phi) is 9.05. The number of nitrogens with one attached hydrogen (secondary N) is 2. The number of phenolic OH excluding ortho intramolecular Hbond substituents is 1. The first-order valence-electron chi connectivity index (χ1n) is 8.10. The molecule has 3 N–H and O–H groups in total. The summed E-state index contributed by atoms with van der Waals surface area (Å²) >= 11 is 0. The van der Waals surface area contributed by atoms with Gasteiger partial charge in [0.25, 0.3) is 0 Å². The first-order chi connectivity index (χ1) is 11.0. The fourth-order valence-corrected chi connectivity index (χ4v) is 1.82. The van der Waals surface area contributed by atoms with E-state index in [1.54, 1.807) is 6.07 Å². The summed E-state index contributed by atoms with van der Waals surface area (Å²) in [5.41, 5.74) is 0.700. The molecule has 1 aromatic carbocycles. The summed E-state index contributed by atoms with van der Waals surface area (Å²) in [4.78, 5) is 4.39. The molecule has 23 heavy (non-hydrogen) atoms. The topological polar surface area (TPSA) is 65.9 Å². The van der Waals surface area contributed by atoms with Crippen molar-refractivity contribution in [2.75, 3.05) is 26.3 Å². The normalized spacial score (nSPS) is 11.8. The zero-order valence-electron chi connectivity index (χ0n) is 14.2. The third-order valence-corrected chi connectivity index (χ3v) is 3.15. The molecule has 0 unspecified atom stereocenters. The zero-order valence-corrected chi connectivity index (χ0v) is 14.2. The molecule has 0 aliphatic rings. The predicted molar refractivity (Wildman–Crippen MR) is 91.2 cm³/mol. The summed E-state index contributed by atoms with van der Waals surface area (Å²) in [5, 5.41) is 15.5. The van der Waals surface area contributed by atoms with Crippen molar-refractivity contribution >= 4 is 5.96 Å². The lowest BCUT2D eigenvalue weighted by Gasteiger charge is -2.12. The Morgan fingerprint density at radius 1 is 1.30 bits per heavy atom. The monoisotopic (exact) mass is 325 g/mol. The molecule has 6 heteroatoms. The number of nitrogens with zero attached hydrogens (tertiary/aromatic N) is 1. The van der Waals surface area contributed by atoms with Crippen LogP contribution in [0.5, 0.6) is 5.75 Å². The van der Waals surface area contributed by atoms with Crippen LogP contribution in [0.1, 0.15) is 32.8 Å². The molecule has 0 aliphatic heterocycles. The van der Waals surface area contributed by atoms with E-state index in [9.17, 15) is 9.50 Å². The Morgan fingerprint density at radius 2 is 2.09 bits per heavy atom. The number of halogens is 1. The summed E-state index contributed by atoms with van der Waals surface area (Å²) in [6.07, 6.45) is 1.06. The van der Waals surface area contributed by atoms with E-state index in [0.29, 0.717) is 37.1 Å². The molecule has 0 aliphatic carbocycles. The molecule has 0 saturated heterocycles. The number of ether oxygens (including phenoxy) is 1. The van der Waals surface area contributed by atoms with Crippen LogP contribution in [0.2, 0.25) is 0 Å². The molecular formula is C17H28FN3O2. The molecule has 5 nitrogen and oxygen atoms in total. The van der Waals surface area contributed by atoms with Crippen LogP contribution >= 0.6 is 0 Å². The van der Waals surface area contributed by atoms with E-state index < -0.39 is 5.82 Å². The molecule has 130 valence electrons. The molecule has 0 spiro atoms. The van der Waals surface area contributed by atoms with Crippen molar-refractivity contribution in [2.24, 2.45) is 10.9 Å². The second-order valence-electron chi connectivity index (χ2n) is 5.70. The molecule has 0 amide bonds. The lowest BCUT2D eigenvalue weighted by atomic mass is 10.1. The van der Waals surface area contributed by atoms with Crippen molar-refractivity contribution in [3.05, 3.63) is 29.6 Å². The number of hydrogen-bond acceptors (Lipinski definition) is 3. The van der Waals surface area contributed by atoms with Gasteiger partial charge in [-0.1, -0.05) is 19.9 Å². The maximum atomic E-state index is 13.3. The van der Waals surface area contributed by atoms with Crippen LogP contribution in [-0.4, -0.2) is 37.4 Å². The van der Waals surface area contributed by atoms with Crippen LogP contribution in [0.3, 0.4) is 0 Å². The second kappa shape index (κ2) is 10.8. The first-order valence-corrected chi connectivity index (χ1v) is 8.10. The largest absolute Gasteiger partial charge is 0.505 e. The summed E-state index contributed by atoms with van der Waals surface area (Å²) in [5.74, 6) is 0.330. The number of hydrogen-bond donors (Lipinski definition) is 3. The van der Waals surface area contributed by atoms with Gasteiger partial charge in [-0.05, 0) is 37.0 Å². The number of guanidine groups is 1. The van der Waals surface area contributed by atoms with E-state index in [1.807, 2.05) is 6.92 Å². The van der Waals surface area contributed by atoms with Crippen LogP contribution in [0, 0.1) is 11.7 Å². The fraction of sp³-hybridized carbons (Fsp3) is 0.588. The van der Waals surface area contributed by atoms with Crippen LogP contribution in [0.15, 0.2) is 23.2 Å². The zero-order chi connectivity index (χ0) is 17.1. The van der Waals surface area contributed by atoms with Crippen LogP contribution in [0.4, 0.5) is 4.39 Å². The van der Waals surface area contributed by atoms with Crippen LogP contribution in [0.25, 0.3) is 0 Å². The van der Waals surface area contributed by atoms with Crippen molar-refractivity contribution in [2.45, 2.75) is 33.7 Å². The summed E-state index contributed by atoms with van der Waals surface area (Å²) in [7, 11) is 0. The highest BCUT2D eigenvalue weighted by Gasteiger charge is 2.02. The highest BCUT2D eigenvalue weighted by Crippen LogP contribution is 2.16. The highest BCUT2D eigenvalue weighted by atomic mass is 19.1. The summed E-state index contributed by atoms with van der Waals surface area (Å²) in [6, 6.07) is 4.28. The Balaban J connectivity index is 2.39. The second-order valence-corrected chi connectivity index (χ2v) is 5.70. The summed E-state index contributed by atoms with van der Waals surface area (Å²) in [6.45, 7) is 9.44. The Morgan fingerprint density at radius 3 is 2.74 bits per heavy atom. The molecular weight excluding hydrogens is 297 g/mol. The standard InChI is InChI=1S/C17H28FN3O2/c1-4-19-17(20-8-10-23-9-7-13(2)3)21-12-14-5-6-16(22)15(18)11-14/h5-6,11,13,22H,4,7-10,12H2,1-3H3,(H2,19,20,21). The number of phenols is 1. The maximum Gasteiger partial charge on any atom is 0.191 e. The minimum Gasteiger partial charge on any atom is -0.505 e. The quantitative estimate of drug-likeness (QED) is 0.371.